The lowest BCUT2D eigenvalue weighted by Gasteiger charge is -2.23. The maximum Gasteiger partial charge on any atom is 0.127 e. The average Bonchev–Trinajstić information content (AvgIpc) is 2.36. The smallest absolute Gasteiger partial charge is 0.127 e. The van der Waals surface area contributed by atoms with E-state index in [4.69, 9.17) is 15.2 Å². The van der Waals surface area contributed by atoms with Crippen LogP contribution in [0.2, 0.25) is 0 Å². The van der Waals surface area contributed by atoms with Crippen molar-refractivity contribution in [3.63, 3.8) is 0 Å². The predicted molar refractivity (Wildman–Crippen MR) is 79.4 cm³/mol. The predicted octanol–water partition coefficient (Wildman–Crippen LogP) is 2.59. The zero-order chi connectivity index (χ0) is 13.7. The van der Waals surface area contributed by atoms with E-state index < -0.39 is 12.1 Å². The van der Waals surface area contributed by atoms with Gasteiger partial charge in [-0.3, -0.25) is 0 Å². The number of aliphatic hydroxyl groups excluding tert-OH is 1. The van der Waals surface area contributed by atoms with Crippen LogP contribution in [0.3, 0.4) is 0 Å². The van der Waals surface area contributed by atoms with Crippen molar-refractivity contribution in [1.29, 1.82) is 0 Å². The Bertz CT molecular complexity index is 373. The Hall–Kier alpha value is -0.970. The average molecular weight is 290 g/mol. The molecular formula is C14H24ClNO3. The Labute approximate surface area is 121 Å². The van der Waals surface area contributed by atoms with Crippen LogP contribution in [0.4, 0.5) is 0 Å². The second-order valence-electron chi connectivity index (χ2n) is 4.46. The molecule has 5 heteroatoms. The van der Waals surface area contributed by atoms with Gasteiger partial charge in [0.1, 0.15) is 11.5 Å². The van der Waals surface area contributed by atoms with Crippen LogP contribution in [-0.4, -0.2) is 25.4 Å². The molecule has 0 bridgehead atoms. The molecule has 0 aliphatic heterocycles. The fourth-order valence-electron chi connectivity index (χ4n) is 2.07. The highest BCUT2D eigenvalue weighted by molar-refractivity contribution is 5.85. The first-order valence-electron chi connectivity index (χ1n) is 6.21. The third-order valence-electron chi connectivity index (χ3n) is 3.02. The minimum absolute atomic E-state index is 0. The van der Waals surface area contributed by atoms with E-state index in [9.17, 15) is 5.11 Å². The molecule has 0 heterocycles. The Morgan fingerprint density at radius 1 is 1.21 bits per heavy atom. The normalized spacial score (nSPS) is 13.4. The van der Waals surface area contributed by atoms with Gasteiger partial charge in [0.05, 0.1) is 31.9 Å². The number of hydrogen-bond donors (Lipinski definition) is 2. The fourth-order valence-corrected chi connectivity index (χ4v) is 2.07. The van der Waals surface area contributed by atoms with Crippen LogP contribution < -0.4 is 15.2 Å². The van der Waals surface area contributed by atoms with Gasteiger partial charge in [0.2, 0.25) is 0 Å². The van der Waals surface area contributed by atoms with E-state index in [0.717, 1.165) is 17.5 Å². The lowest BCUT2D eigenvalue weighted by molar-refractivity contribution is 0.131. The quantitative estimate of drug-likeness (QED) is 0.845. The van der Waals surface area contributed by atoms with Gasteiger partial charge in [0, 0.05) is 0 Å². The van der Waals surface area contributed by atoms with E-state index in [0.29, 0.717) is 17.9 Å². The first-order valence-corrected chi connectivity index (χ1v) is 6.21. The molecule has 0 radical (unpaired) electrons. The van der Waals surface area contributed by atoms with Crippen LogP contribution in [0.1, 0.15) is 36.9 Å². The molecule has 0 saturated heterocycles. The Morgan fingerprint density at radius 2 is 1.68 bits per heavy atom. The molecule has 3 N–H and O–H groups in total. The Balaban J connectivity index is 0.00000324. The van der Waals surface area contributed by atoms with Crippen molar-refractivity contribution in [2.24, 2.45) is 5.73 Å². The van der Waals surface area contributed by atoms with Crippen molar-refractivity contribution in [1.82, 2.24) is 0 Å². The number of nitrogens with two attached hydrogens (primary N) is 1. The molecular weight excluding hydrogens is 266 g/mol. The van der Waals surface area contributed by atoms with Crippen LogP contribution >= 0.6 is 12.4 Å². The zero-order valence-electron chi connectivity index (χ0n) is 12.0. The summed E-state index contributed by atoms with van der Waals surface area (Å²) in [6.45, 7) is 3.97. The Kier molecular flexibility index (Phi) is 7.83. The molecule has 1 aromatic rings. The topological polar surface area (TPSA) is 64.7 Å². The number of ether oxygens (including phenoxy) is 2. The monoisotopic (exact) mass is 289 g/mol. The van der Waals surface area contributed by atoms with E-state index in [1.807, 2.05) is 26.0 Å². The standard InChI is InChI=1S/C14H23NO3.ClH/c1-5-6-10(16)14(15)13-11(17-3)7-9(2)8-12(13)18-4;/h7-8,10,14,16H,5-6,15H2,1-4H3;1H/t10-,14-;/m0./s1. The van der Waals surface area contributed by atoms with Gasteiger partial charge in [0.25, 0.3) is 0 Å². The molecule has 0 aliphatic carbocycles. The first kappa shape index (κ1) is 18.0. The van der Waals surface area contributed by atoms with Crippen LogP contribution in [0.5, 0.6) is 11.5 Å². The largest absolute Gasteiger partial charge is 0.496 e. The highest BCUT2D eigenvalue weighted by Gasteiger charge is 2.24. The van der Waals surface area contributed by atoms with Gasteiger partial charge < -0.3 is 20.3 Å². The summed E-state index contributed by atoms with van der Waals surface area (Å²) in [6.07, 6.45) is 0.938. The highest BCUT2D eigenvalue weighted by Crippen LogP contribution is 2.36. The number of aryl methyl sites for hydroxylation is 1. The molecule has 4 nitrogen and oxygen atoms in total. The van der Waals surface area contributed by atoms with E-state index in [1.165, 1.54) is 0 Å². The number of aliphatic hydroxyl groups is 1. The Morgan fingerprint density at radius 3 is 2.05 bits per heavy atom. The van der Waals surface area contributed by atoms with Gasteiger partial charge in [-0.05, 0) is 31.0 Å². The number of hydrogen-bond acceptors (Lipinski definition) is 4. The zero-order valence-corrected chi connectivity index (χ0v) is 12.8. The molecule has 19 heavy (non-hydrogen) atoms. The van der Waals surface area contributed by atoms with Crippen molar-refractivity contribution < 1.29 is 14.6 Å². The van der Waals surface area contributed by atoms with Crippen molar-refractivity contribution in [3.8, 4) is 11.5 Å². The number of methoxy groups -OCH3 is 2. The van der Waals surface area contributed by atoms with E-state index in [-0.39, 0.29) is 12.4 Å². The lowest BCUT2D eigenvalue weighted by atomic mass is 9.96. The van der Waals surface area contributed by atoms with Gasteiger partial charge in [-0.2, -0.15) is 0 Å². The summed E-state index contributed by atoms with van der Waals surface area (Å²) in [4.78, 5) is 0. The highest BCUT2D eigenvalue weighted by atomic mass is 35.5. The summed E-state index contributed by atoms with van der Waals surface area (Å²) < 4.78 is 10.7. The minimum Gasteiger partial charge on any atom is -0.496 e. The van der Waals surface area contributed by atoms with Crippen LogP contribution in [0.25, 0.3) is 0 Å². The summed E-state index contributed by atoms with van der Waals surface area (Å²) in [5, 5.41) is 10.0. The lowest BCUT2D eigenvalue weighted by Crippen LogP contribution is -2.27. The second kappa shape index (κ2) is 8.25. The van der Waals surface area contributed by atoms with Gasteiger partial charge in [-0.25, -0.2) is 0 Å². The second-order valence-corrected chi connectivity index (χ2v) is 4.46. The summed E-state index contributed by atoms with van der Waals surface area (Å²) >= 11 is 0. The van der Waals surface area contributed by atoms with Gasteiger partial charge in [0.15, 0.2) is 0 Å². The van der Waals surface area contributed by atoms with Crippen LogP contribution in [0.15, 0.2) is 12.1 Å². The molecule has 0 saturated carbocycles. The molecule has 0 amide bonds. The van der Waals surface area contributed by atoms with Crippen LogP contribution in [-0.2, 0) is 0 Å². The molecule has 110 valence electrons. The van der Waals surface area contributed by atoms with Crippen molar-refractivity contribution >= 4 is 12.4 Å². The van der Waals surface area contributed by atoms with Gasteiger partial charge in [-0.1, -0.05) is 13.3 Å². The van der Waals surface area contributed by atoms with Crippen molar-refractivity contribution in [2.45, 2.75) is 38.8 Å². The summed E-state index contributed by atoms with van der Waals surface area (Å²) in [7, 11) is 3.19. The third kappa shape index (κ3) is 4.27. The SMILES string of the molecule is CCC[C@H](O)[C@H](N)c1c(OC)cc(C)cc1OC.Cl. The third-order valence-corrected chi connectivity index (χ3v) is 3.02. The first-order chi connectivity index (χ1) is 8.54. The number of benzene rings is 1. The van der Waals surface area contributed by atoms with Crippen LogP contribution in [0, 0.1) is 6.92 Å². The van der Waals surface area contributed by atoms with Gasteiger partial charge in [-0.15, -0.1) is 12.4 Å². The maximum absolute atomic E-state index is 10.0. The minimum atomic E-state index is -0.597. The van der Waals surface area contributed by atoms with E-state index in [2.05, 4.69) is 0 Å². The van der Waals surface area contributed by atoms with E-state index in [1.54, 1.807) is 14.2 Å². The van der Waals surface area contributed by atoms with Crippen molar-refractivity contribution in [3.05, 3.63) is 23.3 Å². The van der Waals surface area contributed by atoms with Gasteiger partial charge >= 0.3 is 0 Å². The molecule has 1 aromatic carbocycles. The number of halogens is 1. The summed E-state index contributed by atoms with van der Waals surface area (Å²) in [5.41, 5.74) is 7.88. The van der Waals surface area contributed by atoms with Crippen molar-refractivity contribution in [2.75, 3.05) is 14.2 Å². The molecule has 0 fully saturated rings. The summed E-state index contributed by atoms with van der Waals surface area (Å²) in [6, 6.07) is 3.29. The maximum atomic E-state index is 10.0. The molecule has 0 aliphatic rings. The molecule has 1 rings (SSSR count). The molecule has 2 atom stereocenters. The number of rotatable bonds is 6. The summed E-state index contributed by atoms with van der Waals surface area (Å²) in [5.74, 6) is 1.32. The fraction of sp³-hybridized carbons (Fsp3) is 0.571. The molecule has 0 spiro atoms. The molecule has 0 aromatic heterocycles. The molecule has 0 unspecified atom stereocenters. The van der Waals surface area contributed by atoms with E-state index >= 15 is 0 Å².